The van der Waals surface area contributed by atoms with Crippen LogP contribution < -0.4 is 14.9 Å². The number of carbonyl (C=O) groups is 1. The molecule has 10 heteroatoms. The van der Waals surface area contributed by atoms with Crippen LogP contribution >= 0.6 is 23.4 Å². The first kappa shape index (κ1) is 26.0. The van der Waals surface area contributed by atoms with Crippen LogP contribution in [0.5, 0.6) is 11.5 Å². The van der Waals surface area contributed by atoms with E-state index in [1.54, 1.807) is 20.3 Å². The number of hydrogen-bond acceptors (Lipinski definition) is 7. The highest BCUT2D eigenvalue weighted by Gasteiger charge is 2.24. The van der Waals surface area contributed by atoms with Crippen molar-refractivity contribution in [1.29, 1.82) is 0 Å². The third-order valence-corrected chi connectivity index (χ3v) is 7.38. The number of methoxy groups -OCH3 is 2. The minimum atomic E-state index is -0.217. The lowest BCUT2D eigenvalue weighted by Gasteiger charge is -2.25. The molecule has 0 bridgehead atoms. The summed E-state index contributed by atoms with van der Waals surface area (Å²) in [5.74, 6) is 2.00. The zero-order valence-electron chi connectivity index (χ0n) is 20.7. The molecular formula is C26H30ClN5O3S. The fraction of sp³-hybridized carbons (Fsp3) is 0.385. The van der Waals surface area contributed by atoms with Gasteiger partial charge in [-0.3, -0.25) is 9.36 Å². The summed E-state index contributed by atoms with van der Waals surface area (Å²) in [6.07, 6.45) is 5.76. The third kappa shape index (κ3) is 6.20. The molecule has 190 valence electrons. The first-order valence-corrected chi connectivity index (χ1v) is 13.3. The predicted octanol–water partition coefficient (Wildman–Crippen LogP) is 5.75. The van der Waals surface area contributed by atoms with E-state index in [0.29, 0.717) is 28.3 Å². The molecular weight excluding hydrogens is 498 g/mol. The zero-order chi connectivity index (χ0) is 25.5. The Balaban J connectivity index is 1.46. The molecule has 1 heterocycles. The molecule has 1 amide bonds. The smallest absolute Gasteiger partial charge is 0.250 e. The normalized spacial score (nSPS) is 14.5. The Kier molecular flexibility index (Phi) is 8.88. The summed E-state index contributed by atoms with van der Waals surface area (Å²) in [4.78, 5) is 12.6. The van der Waals surface area contributed by atoms with Crippen molar-refractivity contribution >= 4 is 35.0 Å². The molecule has 1 aliphatic rings. The topological polar surface area (TPSA) is 90.6 Å². The van der Waals surface area contributed by atoms with Crippen LogP contribution in [0, 0.1) is 0 Å². The SMILES string of the molecule is COc1ccc(/C(C)=N\NC(=O)CSc2nnc(-c3ccc(Cl)cc3)n2C2CCCCC2)cc1OC. The number of carbonyl (C=O) groups excluding carboxylic acids is 1. The van der Waals surface area contributed by atoms with E-state index in [9.17, 15) is 4.79 Å². The van der Waals surface area contributed by atoms with E-state index in [2.05, 4.69) is 25.3 Å². The van der Waals surface area contributed by atoms with E-state index in [0.717, 1.165) is 34.9 Å². The molecule has 0 radical (unpaired) electrons. The van der Waals surface area contributed by atoms with Crippen molar-refractivity contribution in [2.75, 3.05) is 20.0 Å². The van der Waals surface area contributed by atoms with Crippen LogP contribution in [0.3, 0.4) is 0 Å². The molecule has 8 nitrogen and oxygen atoms in total. The van der Waals surface area contributed by atoms with Gasteiger partial charge in [0.2, 0.25) is 0 Å². The number of hydrazone groups is 1. The number of nitrogens with zero attached hydrogens (tertiary/aromatic N) is 4. The fourth-order valence-corrected chi connectivity index (χ4v) is 5.20. The minimum absolute atomic E-state index is 0.175. The molecule has 4 rings (SSSR count). The molecule has 1 saturated carbocycles. The number of benzene rings is 2. The minimum Gasteiger partial charge on any atom is -0.493 e. The Labute approximate surface area is 220 Å². The highest BCUT2D eigenvalue weighted by molar-refractivity contribution is 7.99. The highest BCUT2D eigenvalue weighted by atomic mass is 35.5. The van der Waals surface area contributed by atoms with E-state index in [-0.39, 0.29) is 11.7 Å². The second-order valence-corrected chi connectivity index (χ2v) is 9.94. The molecule has 36 heavy (non-hydrogen) atoms. The molecule has 0 spiro atoms. The number of amides is 1. The van der Waals surface area contributed by atoms with Crippen molar-refractivity contribution in [2.45, 2.75) is 50.2 Å². The molecule has 1 aliphatic carbocycles. The van der Waals surface area contributed by atoms with Crippen molar-refractivity contribution in [3.05, 3.63) is 53.1 Å². The second kappa shape index (κ2) is 12.3. The maximum atomic E-state index is 12.6. The summed E-state index contributed by atoms with van der Waals surface area (Å²) in [5, 5.41) is 14.6. The van der Waals surface area contributed by atoms with Crippen molar-refractivity contribution in [2.24, 2.45) is 5.10 Å². The summed E-state index contributed by atoms with van der Waals surface area (Å²) in [5.41, 5.74) is 5.09. The number of aromatic nitrogens is 3. The average molecular weight is 528 g/mol. The number of ether oxygens (including phenoxy) is 2. The van der Waals surface area contributed by atoms with Crippen molar-refractivity contribution < 1.29 is 14.3 Å². The van der Waals surface area contributed by atoms with Gasteiger partial charge in [0.05, 0.1) is 25.7 Å². The number of hydrogen-bond donors (Lipinski definition) is 1. The molecule has 0 saturated heterocycles. The van der Waals surface area contributed by atoms with Crippen molar-refractivity contribution in [3.63, 3.8) is 0 Å². The van der Waals surface area contributed by atoms with E-state index in [4.69, 9.17) is 21.1 Å². The summed E-state index contributed by atoms with van der Waals surface area (Å²) in [7, 11) is 3.17. The Bertz CT molecular complexity index is 1220. The molecule has 0 atom stereocenters. The van der Waals surface area contributed by atoms with E-state index in [1.165, 1.54) is 31.0 Å². The lowest BCUT2D eigenvalue weighted by atomic mass is 9.95. The van der Waals surface area contributed by atoms with Gasteiger partial charge in [0.15, 0.2) is 22.5 Å². The Morgan fingerprint density at radius 1 is 1.08 bits per heavy atom. The van der Waals surface area contributed by atoms with Crippen molar-refractivity contribution in [3.8, 4) is 22.9 Å². The predicted molar refractivity (Wildman–Crippen MR) is 143 cm³/mol. The third-order valence-electron chi connectivity index (χ3n) is 6.19. The maximum absolute atomic E-state index is 12.6. The van der Waals surface area contributed by atoms with Crippen molar-refractivity contribution in [1.82, 2.24) is 20.2 Å². The molecule has 2 aromatic carbocycles. The van der Waals surface area contributed by atoms with Gasteiger partial charge in [0.25, 0.3) is 5.91 Å². The first-order valence-electron chi connectivity index (χ1n) is 11.9. The molecule has 1 N–H and O–H groups in total. The van der Waals surface area contributed by atoms with Gasteiger partial charge >= 0.3 is 0 Å². The largest absolute Gasteiger partial charge is 0.493 e. The van der Waals surface area contributed by atoms with E-state index < -0.39 is 0 Å². The molecule has 0 unspecified atom stereocenters. The van der Waals surface area contributed by atoms with Gasteiger partial charge in [0.1, 0.15) is 0 Å². The Hall–Kier alpha value is -3.04. The Morgan fingerprint density at radius 3 is 2.50 bits per heavy atom. The zero-order valence-corrected chi connectivity index (χ0v) is 22.2. The monoisotopic (exact) mass is 527 g/mol. The second-order valence-electron chi connectivity index (χ2n) is 8.57. The molecule has 1 fully saturated rings. The van der Waals surface area contributed by atoms with Gasteiger partial charge in [-0.1, -0.05) is 42.6 Å². The quantitative estimate of drug-likeness (QED) is 0.216. The van der Waals surface area contributed by atoms with Crippen LogP contribution in [0.1, 0.15) is 50.6 Å². The number of thioether (sulfide) groups is 1. The number of halogens is 1. The first-order chi connectivity index (χ1) is 17.5. The van der Waals surface area contributed by atoms with Gasteiger partial charge in [0, 0.05) is 22.2 Å². The summed E-state index contributed by atoms with van der Waals surface area (Å²) < 4.78 is 12.8. The number of nitrogens with one attached hydrogen (secondary N) is 1. The van der Waals surface area contributed by atoms with Gasteiger partial charge in [-0.15, -0.1) is 10.2 Å². The lowest BCUT2D eigenvalue weighted by Crippen LogP contribution is -2.22. The fourth-order valence-electron chi connectivity index (χ4n) is 4.27. The lowest BCUT2D eigenvalue weighted by molar-refractivity contribution is -0.118. The van der Waals surface area contributed by atoms with Gasteiger partial charge < -0.3 is 9.47 Å². The Morgan fingerprint density at radius 2 is 1.81 bits per heavy atom. The van der Waals surface area contributed by atoms with Crippen LogP contribution in [0.4, 0.5) is 0 Å². The van der Waals surface area contributed by atoms with Gasteiger partial charge in [-0.2, -0.15) is 5.10 Å². The summed E-state index contributed by atoms with van der Waals surface area (Å²) in [6.45, 7) is 1.83. The highest BCUT2D eigenvalue weighted by Crippen LogP contribution is 2.35. The van der Waals surface area contributed by atoms with Crippen LogP contribution in [-0.4, -0.2) is 46.4 Å². The average Bonchev–Trinajstić information content (AvgIpc) is 3.35. The van der Waals surface area contributed by atoms with Crippen LogP contribution in [0.15, 0.2) is 52.7 Å². The van der Waals surface area contributed by atoms with Crippen LogP contribution in [0.2, 0.25) is 5.02 Å². The number of rotatable bonds is 9. The molecule has 1 aromatic heterocycles. The molecule has 0 aliphatic heterocycles. The van der Waals surface area contributed by atoms with E-state index >= 15 is 0 Å². The van der Waals surface area contributed by atoms with Gasteiger partial charge in [-0.05, 0) is 62.2 Å². The van der Waals surface area contributed by atoms with Crippen LogP contribution in [-0.2, 0) is 4.79 Å². The summed E-state index contributed by atoms with van der Waals surface area (Å²) >= 11 is 7.45. The summed E-state index contributed by atoms with van der Waals surface area (Å²) in [6, 6.07) is 13.4. The van der Waals surface area contributed by atoms with E-state index in [1.807, 2.05) is 43.3 Å². The van der Waals surface area contributed by atoms with Gasteiger partial charge in [-0.25, -0.2) is 5.43 Å². The van der Waals surface area contributed by atoms with Crippen LogP contribution in [0.25, 0.3) is 11.4 Å². The molecule has 3 aromatic rings. The standard InChI is InChI=1S/C26H30ClN5O3S/c1-17(19-11-14-22(34-2)23(15-19)35-3)28-29-24(33)16-36-26-31-30-25(18-9-12-20(27)13-10-18)32(26)21-7-5-4-6-8-21/h9-15,21H,4-8,16H2,1-3H3,(H,29,33)/b28-17-. The maximum Gasteiger partial charge on any atom is 0.250 e.